The average molecular weight is 728 g/mol. The van der Waals surface area contributed by atoms with Crippen molar-refractivity contribution < 1.29 is 35.5 Å². The number of nitrogens with zero attached hydrogens (tertiary/aromatic N) is 4. The number of aromatic nitrogens is 3. The van der Waals surface area contributed by atoms with Crippen LogP contribution < -0.4 is 16.1 Å². The molecule has 0 aliphatic rings. The minimum atomic E-state index is -5.12. The zero-order valence-corrected chi connectivity index (χ0v) is 29.6. The molecule has 2 aromatic carbocycles. The quantitative estimate of drug-likeness (QED) is 0.0615. The highest BCUT2D eigenvalue weighted by Crippen LogP contribution is 2.40. The molecule has 2 heterocycles. The predicted molar refractivity (Wildman–Crippen MR) is 178 cm³/mol. The van der Waals surface area contributed by atoms with E-state index in [-0.39, 0.29) is 27.4 Å². The van der Waals surface area contributed by atoms with E-state index in [1.165, 1.54) is 13.2 Å². The van der Waals surface area contributed by atoms with Gasteiger partial charge in [-0.05, 0) is 67.0 Å². The lowest BCUT2D eigenvalue weighted by Crippen LogP contribution is -2.43. The number of alkyl halides is 6. The van der Waals surface area contributed by atoms with Crippen LogP contribution in [0.2, 0.25) is 23.2 Å². The summed E-state index contributed by atoms with van der Waals surface area (Å²) in [5.41, 5.74) is -2.90. The molecule has 1 atom stereocenters. The first-order valence-electron chi connectivity index (χ1n) is 14.9. The largest absolute Gasteiger partial charge is 0.495 e. The molecule has 0 saturated carbocycles. The minimum Gasteiger partial charge on any atom is -0.495 e. The number of benzene rings is 2. The van der Waals surface area contributed by atoms with Crippen molar-refractivity contribution in [1.29, 1.82) is 0 Å². The molecule has 8 nitrogen and oxygen atoms in total. The maximum absolute atomic E-state index is 14.3. The van der Waals surface area contributed by atoms with Gasteiger partial charge in [-0.2, -0.15) is 31.4 Å². The fraction of sp³-hybridized carbons (Fsp3) is 0.364. The number of hydrogen-bond acceptors (Lipinski definition) is 6. The monoisotopic (exact) mass is 727 g/mol. The van der Waals surface area contributed by atoms with Crippen LogP contribution in [0.15, 0.2) is 71.1 Å². The van der Waals surface area contributed by atoms with Gasteiger partial charge in [-0.3, -0.25) is 4.79 Å². The van der Waals surface area contributed by atoms with Crippen molar-refractivity contribution in [3.05, 3.63) is 110 Å². The standard InChI is InChI=1S/C33H36ClF6N5O3Si/c1-19-15-44(18-42-19)26-9-8-20(12-28(26)47-5)29(43-41)25-14-24(34)16-45(30(25)46)27(17-48-49(6,7)31(2,3)4)21-10-22(32(35,36)37)13-23(11-21)33(38,39)40/h8-16,18,27H,17,41H2,1-7H3/b43-29+. The molecule has 16 heteroatoms. The predicted octanol–water partition coefficient (Wildman–Crippen LogP) is 8.36. The van der Waals surface area contributed by atoms with Crippen molar-refractivity contribution in [3.8, 4) is 11.4 Å². The molecule has 1 unspecified atom stereocenters. The lowest BCUT2D eigenvalue weighted by Gasteiger charge is -2.37. The molecule has 0 amide bonds. The SMILES string of the molecule is COc1cc(/C(=N\N)c2cc(Cl)cn(C(CO[Si](C)(C)C(C)(C)C)c3cc(C(F)(F)F)cc(C(F)(F)F)c3)c2=O)ccc1-n1cnc(C)c1. The Morgan fingerprint density at radius 2 is 1.61 bits per heavy atom. The van der Waals surface area contributed by atoms with Crippen molar-refractivity contribution in [3.63, 3.8) is 0 Å². The van der Waals surface area contributed by atoms with Crippen molar-refractivity contribution >= 4 is 25.6 Å². The number of aryl methyl sites for hydroxylation is 1. The number of rotatable bonds is 9. The molecule has 2 N–H and O–H groups in total. The Morgan fingerprint density at radius 3 is 2.10 bits per heavy atom. The number of nitrogens with two attached hydrogens (primary N) is 1. The van der Waals surface area contributed by atoms with E-state index in [1.54, 1.807) is 35.3 Å². The molecular weight excluding hydrogens is 692 g/mol. The van der Waals surface area contributed by atoms with Crippen LogP contribution in [0.4, 0.5) is 26.3 Å². The molecular formula is C33H36ClF6N5O3Si. The number of ether oxygens (including phenoxy) is 1. The van der Waals surface area contributed by atoms with Crippen molar-refractivity contribution in [1.82, 2.24) is 14.1 Å². The van der Waals surface area contributed by atoms with Gasteiger partial charge in [-0.15, -0.1) is 0 Å². The van der Waals surface area contributed by atoms with Gasteiger partial charge >= 0.3 is 12.4 Å². The maximum atomic E-state index is 14.3. The summed E-state index contributed by atoms with van der Waals surface area (Å²) in [5.74, 6) is 6.17. The van der Waals surface area contributed by atoms with E-state index >= 15 is 0 Å². The van der Waals surface area contributed by atoms with Crippen LogP contribution in [0.25, 0.3) is 5.69 Å². The summed E-state index contributed by atoms with van der Waals surface area (Å²) in [7, 11) is -1.22. The van der Waals surface area contributed by atoms with Gasteiger partial charge in [0.2, 0.25) is 0 Å². The van der Waals surface area contributed by atoms with Crippen LogP contribution in [-0.2, 0) is 16.8 Å². The Hall–Kier alpha value is -4.08. The first kappa shape index (κ1) is 37.7. The summed E-state index contributed by atoms with van der Waals surface area (Å²) in [6.07, 6.45) is -5.74. The second-order valence-corrected chi connectivity index (χ2v) is 18.2. The molecule has 0 aliphatic heterocycles. The molecule has 0 spiro atoms. The summed E-state index contributed by atoms with van der Waals surface area (Å²) >= 11 is 6.50. The number of hydrogen-bond donors (Lipinski definition) is 1. The zero-order chi connectivity index (χ0) is 36.7. The van der Waals surface area contributed by atoms with Crippen LogP contribution in [0.3, 0.4) is 0 Å². The molecule has 4 rings (SSSR count). The topological polar surface area (TPSA) is 96.7 Å². The number of halogens is 7. The van der Waals surface area contributed by atoms with E-state index < -0.39 is 55.6 Å². The van der Waals surface area contributed by atoms with Crippen molar-refractivity contribution in [2.75, 3.05) is 13.7 Å². The summed E-state index contributed by atoms with van der Waals surface area (Å²) in [5, 5.41) is 3.40. The average Bonchev–Trinajstić information content (AvgIpc) is 3.43. The lowest BCUT2D eigenvalue weighted by molar-refractivity contribution is -0.143. The van der Waals surface area contributed by atoms with Gasteiger partial charge < -0.3 is 24.1 Å². The highest BCUT2D eigenvalue weighted by atomic mass is 35.5. The van der Waals surface area contributed by atoms with Crippen LogP contribution in [0.1, 0.15) is 60.3 Å². The summed E-state index contributed by atoms with van der Waals surface area (Å²) in [6.45, 7) is 10.9. The van der Waals surface area contributed by atoms with Gasteiger partial charge in [-0.1, -0.05) is 38.4 Å². The Bertz CT molecular complexity index is 1900. The van der Waals surface area contributed by atoms with Gasteiger partial charge in [-0.25, -0.2) is 4.98 Å². The third-order valence-corrected chi connectivity index (χ3v) is 13.3. The Kier molecular flexibility index (Phi) is 10.5. The first-order valence-corrected chi connectivity index (χ1v) is 18.2. The third kappa shape index (κ3) is 8.22. The fourth-order valence-electron chi connectivity index (χ4n) is 4.87. The van der Waals surface area contributed by atoms with Crippen LogP contribution in [0, 0.1) is 6.92 Å². The Balaban J connectivity index is 1.94. The number of hydrazone groups is 1. The minimum absolute atomic E-state index is 0.0305. The second kappa shape index (κ2) is 13.7. The molecule has 0 saturated heterocycles. The van der Waals surface area contributed by atoms with E-state index in [2.05, 4.69) is 10.1 Å². The number of imidazole rings is 1. The second-order valence-electron chi connectivity index (χ2n) is 13.0. The van der Waals surface area contributed by atoms with E-state index in [9.17, 15) is 31.1 Å². The van der Waals surface area contributed by atoms with Crippen LogP contribution >= 0.6 is 11.6 Å². The van der Waals surface area contributed by atoms with Crippen molar-refractivity contribution in [2.45, 2.75) is 64.2 Å². The van der Waals surface area contributed by atoms with Crippen LogP contribution in [0.5, 0.6) is 5.75 Å². The molecule has 0 aliphatic carbocycles. The van der Waals surface area contributed by atoms with E-state index in [0.29, 0.717) is 29.1 Å². The Labute approximate surface area is 285 Å². The third-order valence-electron chi connectivity index (χ3n) is 8.58. The molecule has 4 aromatic rings. The smallest absolute Gasteiger partial charge is 0.416 e. The maximum Gasteiger partial charge on any atom is 0.416 e. The van der Waals surface area contributed by atoms with Crippen molar-refractivity contribution in [2.24, 2.45) is 10.9 Å². The highest BCUT2D eigenvalue weighted by Gasteiger charge is 2.40. The van der Waals surface area contributed by atoms with E-state index in [0.717, 1.165) is 16.5 Å². The zero-order valence-electron chi connectivity index (χ0n) is 27.8. The summed E-state index contributed by atoms with van der Waals surface area (Å²) in [6, 6.07) is 5.87. The van der Waals surface area contributed by atoms with Gasteiger partial charge in [0.1, 0.15) is 11.5 Å². The lowest BCUT2D eigenvalue weighted by atomic mass is 9.98. The number of methoxy groups -OCH3 is 1. The molecule has 0 bridgehead atoms. The van der Waals surface area contributed by atoms with Gasteiger partial charge in [0.05, 0.1) is 59.2 Å². The molecule has 264 valence electrons. The highest BCUT2D eigenvalue weighted by molar-refractivity contribution is 6.74. The van der Waals surface area contributed by atoms with Crippen LogP contribution in [-0.4, -0.2) is 41.9 Å². The molecule has 49 heavy (non-hydrogen) atoms. The van der Waals surface area contributed by atoms with Gasteiger partial charge in [0.25, 0.3) is 5.56 Å². The molecule has 0 radical (unpaired) electrons. The first-order chi connectivity index (χ1) is 22.6. The normalized spacial score (nSPS) is 13.9. The van der Waals surface area contributed by atoms with E-state index in [1.807, 2.05) is 40.8 Å². The molecule has 2 aromatic heterocycles. The summed E-state index contributed by atoms with van der Waals surface area (Å²) < 4.78 is 98.3. The fourth-order valence-corrected chi connectivity index (χ4v) is 6.09. The van der Waals surface area contributed by atoms with Gasteiger partial charge in [0, 0.05) is 18.0 Å². The molecule has 0 fully saturated rings. The Morgan fingerprint density at radius 1 is 1.00 bits per heavy atom. The number of pyridine rings is 1. The van der Waals surface area contributed by atoms with E-state index in [4.69, 9.17) is 26.6 Å². The van der Waals surface area contributed by atoms with Gasteiger partial charge in [0.15, 0.2) is 8.32 Å². The summed E-state index contributed by atoms with van der Waals surface area (Å²) in [4.78, 5) is 18.5.